The SMILES string of the molecule is COc1ccc(CNC(=O)CCc2nc(-c3ccccn3)no2)c(OC)c1. The molecule has 0 aliphatic heterocycles. The number of benzene rings is 1. The van der Waals surface area contributed by atoms with Crippen molar-refractivity contribution in [1.82, 2.24) is 20.4 Å². The fraction of sp³-hybridized carbons (Fsp3) is 0.263. The van der Waals surface area contributed by atoms with Crippen molar-refractivity contribution in [3.63, 3.8) is 0 Å². The van der Waals surface area contributed by atoms with Crippen molar-refractivity contribution < 1.29 is 18.8 Å². The maximum atomic E-state index is 12.1. The Morgan fingerprint density at radius 3 is 2.81 bits per heavy atom. The third-order valence-electron chi connectivity index (χ3n) is 3.90. The second-order valence-corrected chi connectivity index (χ2v) is 5.68. The highest BCUT2D eigenvalue weighted by Crippen LogP contribution is 2.24. The van der Waals surface area contributed by atoms with Gasteiger partial charge in [0.2, 0.25) is 17.6 Å². The Morgan fingerprint density at radius 1 is 1.19 bits per heavy atom. The standard InChI is InChI=1S/C19H20N4O4/c1-25-14-7-6-13(16(11-14)26-2)12-21-17(24)8-9-18-22-19(23-27-18)15-5-3-4-10-20-15/h3-7,10-11H,8-9,12H2,1-2H3,(H,21,24). The van der Waals surface area contributed by atoms with Crippen LogP contribution in [0.25, 0.3) is 11.5 Å². The van der Waals surface area contributed by atoms with Gasteiger partial charge in [-0.1, -0.05) is 11.2 Å². The van der Waals surface area contributed by atoms with Gasteiger partial charge >= 0.3 is 0 Å². The fourth-order valence-electron chi connectivity index (χ4n) is 2.46. The van der Waals surface area contributed by atoms with Crippen molar-refractivity contribution in [3.8, 4) is 23.0 Å². The van der Waals surface area contributed by atoms with Gasteiger partial charge in [-0.15, -0.1) is 0 Å². The van der Waals surface area contributed by atoms with Crippen LogP contribution in [0.3, 0.4) is 0 Å². The number of aryl methyl sites for hydroxylation is 1. The van der Waals surface area contributed by atoms with E-state index >= 15 is 0 Å². The number of carbonyl (C=O) groups excluding carboxylic acids is 1. The Balaban J connectivity index is 1.51. The lowest BCUT2D eigenvalue weighted by Crippen LogP contribution is -2.23. The summed E-state index contributed by atoms with van der Waals surface area (Å²) in [5.41, 5.74) is 1.49. The summed E-state index contributed by atoms with van der Waals surface area (Å²) in [5, 5.41) is 6.75. The minimum atomic E-state index is -0.120. The lowest BCUT2D eigenvalue weighted by atomic mass is 10.2. The summed E-state index contributed by atoms with van der Waals surface area (Å²) >= 11 is 0. The van der Waals surface area contributed by atoms with Crippen LogP contribution in [-0.4, -0.2) is 35.3 Å². The number of aromatic nitrogens is 3. The molecule has 1 N–H and O–H groups in total. The van der Waals surface area contributed by atoms with Gasteiger partial charge in [0.05, 0.1) is 14.2 Å². The zero-order chi connectivity index (χ0) is 19.1. The third-order valence-corrected chi connectivity index (χ3v) is 3.90. The molecule has 0 atom stereocenters. The monoisotopic (exact) mass is 368 g/mol. The highest BCUT2D eigenvalue weighted by Gasteiger charge is 2.12. The Morgan fingerprint density at radius 2 is 2.07 bits per heavy atom. The Bertz CT molecular complexity index is 896. The predicted molar refractivity (Wildman–Crippen MR) is 97.2 cm³/mol. The van der Waals surface area contributed by atoms with Crippen molar-refractivity contribution in [2.75, 3.05) is 14.2 Å². The van der Waals surface area contributed by atoms with Gasteiger partial charge in [-0.3, -0.25) is 9.78 Å². The number of methoxy groups -OCH3 is 2. The van der Waals surface area contributed by atoms with E-state index < -0.39 is 0 Å². The number of rotatable bonds is 8. The molecule has 3 rings (SSSR count). The van der Waals surface area contributed by atoms with Crippen molar-refractivity contribution in [1.29, 1.82) is 0 Å². The van der Waals surface area contributed by atoms with E-state index in [1.807, 2.05) is 24.3 Å². The molecule has 140 valence electrons. The van der Waals surface area contributed by atoms with Crippen molar-refractivity contribution >= 4 is 5.91 Å². The molecule has 2 aromatic heterocycles. The number of nitrogens with one attached hydrogen (secondary N) is 1. The second kappa shape index (κ2) is 8.79. The molecule has 27 heavy (non-hydrogen) atoms. The molecule has 8 heteroatoms. The molecule has 0 saturated carbocycles. The van der Waals surface area contributed by atoms with Gasteiger partial charge in [0.1, 0.15) is 17.2 Å². The average Bonchev–Trinajstić information content (AvgIpc) is 3.20. The molecular weight excluding hydrogens is 348 g/mol. The van der Waals surface area contributed by atoms with Gasteiger partial charge in [0, 0.05) is 37.2 Å². The van der Waals surface area contributed by atoms with E-state index in [1.54, 1.807) is 32.5 Å². The Kier molecular flexibility index (Phi) is 5.98. The summed E-state index contributed by atoms with van der Waals surface area (Å²) in [7, 11) is 3.17. The van der Waals surface area contributed by atoms with Crippen molar-refractivity contribution in [3.05, 3.63) is 54.0 Å². The fourth-order valence-corrected chi connectivity index (χ4v) is 2.46. The molecule has 3 aromatic rings. The lowest BCUT2D eigenvalue weighted by molar-refractivity contribution is -0.121. The van der Waals surface area contributed by atoms with Crippen molar-refractivity contribution in [2.45, 2.75) is 19.4 Å². The molecule has 1 aromatic carbocycles. The van der Waals surface area contributed by atoms with E-state index in [4.69, 9.17) is 14.0 Å². The molecule has 0 bridgehead atoms. The maximum absolute atomic E-state index is 12.1. The van der Waals surface area contributed by atoms with E-state index in [9.17, 15) is 4.79 Å². The molecule has 0 radical (unpaired) electrons. The van der Waals surface area contributed by atoms with Gasteiger partial charge in [-0.25, -0.2) is 0 Å². The first-order chi connectivity index (χ1) is 13.2. The van der Waals surface area contributed by atoms with Crippen LogP contribution in [0.15, 0.2) is 47.1 Å². The van der Waals surface area contributed by atoms with Crippen LogP contribution >= 0.6 is 0 Å². The molecule has 0 fully saturated rings. The number of hydrogen-bond donors (Lipinski definition) is 1. The first-order valence-electron chi connectivity index (χ1n) is 8.41. The van der Waals surface area contributed by atoms with Gasteiger partial charge in [-0.2, -0.15) is 4.98 Å². The predicted octanol–water partition coefficient (Wildman–Crippen LogP) is 2.40. The van der Waals surface area contributed by atoms with Crippen molar-refractivity contribution in [2.24, 2.45) is 0 Å². The van der Waals surface area contributed by atoms with E-state index in [-0.39, 0.29) is 12.3 Å². The third kappa shape index (κ3) is 4.81. The molecule has 0 unspecified atom stereocenters. The molecule has 0 aliphatic rings. The van der Waals surface area contributed by atoms with E-state index in [0.29, 0.717) is 41.9 Å². The normalized spacial score (nSPS) is 10.4. The molecule has 0 saturated heterocycles. The van der Waals surface area contributed by atoms with Crippen LogP contribution in [0, 0.1) is 0 Å². The summed E-state index contributed by atoms with van der Waals surface area (Å²) in [4.78, 5) is 20.5. The maximum Gasteiger partial charge on any atom is 0.227 e. The minimum Gasteiger partial charge on any atom is -0.497 e. The first-order valence-corrected chi connectivity index (χ1v) is 8.41. The number of amides is 1. The number of ether oxygens (including phenoxy) is 2. The second-order valence-electron chi connectivity index (χ2n) is 5.68. The Labute approximate surface area is 156 Å². The molecule has 0 spiro atoms. The minimum absolute atomic E-state index is 0.120. The van der Waals surface area contributed by atoms with Gasteiger partial charge < -0.3 is 19.3 Å². The summed E-state index contributed by atoms with van der Waals surface area (Å²) < 4.78 is 15.7. The van der Waals surface area contributed by atoms with E-state index in [2.05, 4.69) is 20.4 Å². The highest BCUT2D eigenvalue weighted by atomic mass is 16.5. The summed E-state index contributed by atoms with van der Waals surface area (Å²) in [6.07, 6.45) is 2.25. The quantitative estimate of drug-likeness (QED) is 0.652. The number of nitrogens with zero attached hydrogens (tertiary/aromatic N) is 3. The summed E-state index contributed by atoms with van der Waals surface area (Å²) in [5.74, 6) is 2.04. The zero-order valence-electron chi connectivity index (χ0n) is 15.1. The molecular formula is C19H20N4O4. The number of carbonyl (C=O) groups is 1. The van der Waals surface area contributed by atoms with E-state index in [0.717, 1.165) is 5.56 Å². The highest BCUT2D eigenvalue weighted by molar-refractivity contribution is 5.76. The lowest BCUT2D eigenvalue weighted by Gasteiger charge is -2.11. The van der Waals surface area contributed by atoms with Crippen LogP contribution in [0.2, 0.25) is 0 Å². The van der Waals surface area contributed by atoms with Gasteiger partial charge in [0.25, 0.3) is 0 Å². The van der Waals surface area contributed by atoms with Gasteiger partial charge in [-0.05, 0) is 24.3 Å². The van der Waals surface area contributed by atoms with Crippen LogP contribution in [0.5, 0.6) is 11.5 Å². The van der Waals surface area contributed by atoms with Crippen LogP contribution in [0.4, 0.5) is 0 Å². The number of hydrogen-bond acceptors (Lipinski definition) is 7. The van der Waals surface area contributed by atoms with Crippen LogP contribution < -0.4 is 14.8 Å². The smallest absolute Gasteiger partial charge is 0.227 e. The largest absolute Gasteiger partial charge is 0.497 e. The topological polar surface area (TPSA) is 99.4 Å². The molecule has 8 nitrogen and oxygen atoms in total. The molecule has 1 amide bonds. The van der Waals surface area contributed by atoms with Crippen LogP contribution in [-0.2, 0) is 17.8 Å². The van der Waals surface area contributed by atoms with Crippen LogP contribution in [0.1, 0.15) is 17.9 Å². The zero-order valence-corrected chi connectivity index (χ0v) is 15.1. The summed E-state index contributed by atoms with van der Waals surface area (Å²) in [6.45, 7) is 0.356. The first kappa shape index (κ1) is 18.4. The summed E-state index contributed by atoms with van der Waals surface area (Å²) in [6, 6.07) is 10.9. The molecule has 0 aliphatic carbocycles. The van der Waals surface area contributed by atoms with Gasteiger partial charge in [0.15, 0.2) is 0 Å². The average molecular weight is 368 g/mol. The number of pyridine rings is 1. The molecule has 2 heterocycles. The Hall–Kier alpha value is -3.42. The van der Waals surface area contributed by atoms with E-state index in [1.165, 1.54) is 0 Å².